The van der Waals surface area contributed by atoms with Crippen LogP contribution in [0.2, 0.25) is 5.02 Å². The van der Waals surface area contributed by atoms with Crippen molar-refractivity contribution in [3.63, 3.8) is 0 Å². The van der Waals surface area contributed by atoms with Crippen molar-refractivity contribution in [2.45, 2.75) is 13.3 Å². The SMILES string of the molecule is CCc1c(C(=O)Nc2cccc(-c3ncon3)c2)cnn1-c1cccc(Cl)c1. The Labute approximate surface area is 166 Å². The summed E-state index contributed by atoms with van der Waals surface area (Å²) in [6.45, 7) is 1.98. The number of hydrogen-bond donors (Lipinski definition) is 1. The molecule has 4 aromatic rings. The predicted octanol–water partition coefficient (Wildman–Crippen LogP) is 4.39. The number of carbonyl (C=O) groups is 1. The maximum atomic E-state index is 12.9. The van der Waals surface area contributed by atoms with Gasteiger partial charge in [-0.25, -0.2) is 4.68 Å². The molecule has 2 aromatic heterocycles. The maximum Gasteiger partial charge on any atom is 0.259 e. The number of carbonyl (C=O) groups excluding carboxylic acids is 1. The van der Waals surface area contributed by atoms with Crippen molar-refractivity contribution in [3.05, 3.63) is 77.4 Å². The highest BCUT2D eigenvalue weighted by molar-refractivity contribution is 6.30. The standard InChI is InChI=1S/C20H16ClN5O2/c1-2-18-17(11-23-26(18)16-8-4-6-14(21)10-16)20(27)24-15-7-3-5-13(9-15)19-22-12-28-25-19/h3-12H,2H2,1H3,(H,24,27). The third kappa shape index (κ3) is 3.52. The minimum Gasteiger partial charge on any atom is -0.342 e. The predicted molar refractivity (Wildman–Crippen MR) is 106 cm³/mol. The van der Waals surface area contributed by atoms with Gasteiger partial charge in [-0.05, 0) is 36.8 Å². The van der Waals surface area contributed by atoms with Gasteiger partial charge in [0.2, 0.25) is 12.2 Å². The van der Waals surface area contributed by atoms with Crippen LogP contribution < -0.4 is 5.32 Å². The van der Waals surface area contributed by atoms with Gasteiger partial charge in [0.05, 0.1) is 23.1 Å². The molecular formula is C20H16ClN5O2. The fourth-order valence-corrected chi connectivity index (χ4v) is 3.15. The van der Waals surface area contributed by atoms with Crippen LogP contribution in [0.3, 0.4) is 0 Å². The van der Waals surface area contributed by atoms with Crippen LogP contribution in [0.4, 0.5) is 5.69 Å². The molecule has 0 aliphatic rings. The largest absolute Gasteiger partial charge is 0.342 e. The molecule has 2 heterocycles. The van der Waals surface area contributed by atoms with Crippen LogP contribution in [0.25, 0.3) is 17.1 Å². The molecule has 0 radical (unpaired) electrons. The second kappa shape index (κ2) is 7.66. The number of halogens is 1. The summed E-state index contributed by atoms with van der Waals surface area (Å²) in [5.41, 5.74) is 3.49. The van der Waals surface area contributed by atoms with E-state index >= 15 is 0 Å². The molecule has 0 atom stereocenters. The minimum absolute atomic E-state index is 0.240. The first kappa shape index (κ1) is 17.9. The lowest BCUT2D eigenvalue weighted by atomic mass is 10.1. The Morgan fingerprint density at radius 1 is 1.21 bits per heavy atom. The molecule has 0 bridgehead atoms. The molecule has 0 saturated carbocycles. The summed E-state index contributed by atoms with van der Waals surface area (Å²) in [6, 6.07) is 14.6. The summed E-state index contributed by atoms with van der Waals surface area (Å²) in [5, 5.41) is 11.7. The summed E-state index contributed by atoms with van der Waals surface area (Å²) in [7, 11) is 0. The molecular weight excluding hydrogens is 378 g/mol. The van der Waals surface area contributed by atoms with Crippen LogP contribution in [0.15, 0.2) is 65.6 Å². The summed E-state index contributed by atoms with van der Waals surface area (Å²) in [4.78, 5) is 16.9. The first-order chi connectivity index (χ1) is 13.7. The van der Waals surface area contributed by atoms with Gasteiger partial charge in [-0.2, -0.15) is 10.1 Å². The van der Waals surface area contributed by atoms with Crippen molar-refractivity contribution < 1.29 is 9.32 Å². The smallest absolute Gasteiger partial charge is 0.259 e. The van der Waals surface area contributed by atoms with Crippen LogP contribution >= 0.6 is 11.6 Å². The van der Waals surface area contributed by atoms with E-state index in [1.54, 1.807) is 29.1 Å². The molecule has 1 amide bonds. The highest BCUT2D eigenvalue weighted by atomic mass is 35.5. The Bertz CT molecular complexity index is 1120. The number of rotatable bonds is 5. The van der Waals surface area contributed by atoms with E-state index in [-0.39, 0.29) is 5.91 Å². The van der Waals surface area contributed by atoms with E-state index in [1.165, 1.54) is 6.39 Å². The molecule has 0 aliphatic carbocycles. The van der Waals surface area contributed by atoms with Crippen molar-refractivity contribution in [1.82, 2.24) is 19.9 Å². The number of nitrogens with one attached hydrogen (secondary N) is 1. The van der Waals surface area contributed by atoms with Gasteiger partial charge in [0.25, 0.3) is 5.91 Å². The van der Waals surface area contributed by atoms with E-state index in [4.69, 9.17) is 16.1 Å². The summed E-state index contributed by atoms with van der Waals surface area (Å²) >= 11 is 6.09. The molecule has 4 rings (SSSR count). The summed E-state index contributed by atoms with van der Waals surface area (Å²) in [5.74, 6) is 0.217. The highest BCUT2D eigenvalue weighted by Crippen LogP contribution is 2.22. The third-order valence-electron chi connectivity index (χ3n) is 4.24. The topological polar surface area (TPSA) is 85.8 Å². The molecule has 2 aromatic carbocycles. The van der Waals surface area contributed by atoms with Crippen molar-refractivity contribution in [3.8, 4) is 17.1 Å². The molecule has 0 unspecified atom stereocenters. The molecule has 1 N–H and O–H groups in total. The van der Waals surface area contributed by atoms with E-state index in [2.05, 4.69) is 20.6 Å². The number of benzene rings is 2. The third-order valence-corrected chi connectivity index (χ3v) is 4.48. The fourth-order valence-electron chi connectivity index (χ4n) is 2.97. The Kier molecular flexibility index (Phi) is 4.90. The minimum atomic E-state index is -0.240. The Morgan fingerprint density at radius 3 is 2.82 bits per heavy atom. The molecule has 0 fully saturated rings. The van der Waals surface area contributed by atoms with Crippen LogP contribution in [0.1, 0.15) is 23.0 Å². The normalized spacial score (nSPS) is 10.8. The summed E-state index contributed by atoms with van der Waals surface area (Å²) in [6.07, 6.45) is 3.47. The lowest BCUT2D eigenvalue weighted by molar-refractivity contribution is 0.102. The van der Waals surface area contributed by atoms with Gasteiger partial charge >= 0.3 is 0 Å². The summed E-state index contributed by atoms with van der Waals surface area (Å²) < 4.78 is 6.51. The van der Waals surface area contributed by atoms with Crippen LogP contribution in [-0.4, -0.2) is 25.8 Å². The van der Waals surface area contributed by atoms with Gasteiger partial charge in [-0.1, -0.05) is 41.9 Å². The second-order valence-electron chi connectivity index (χ2n) is 6.04. The van der Waals surface area contributed by atoms with Gasteiger partial charge in [-0.3, -0.25) is 4.79 Å². The van der Waals surface area contributed by atoms with Gasteiger partial charge in [0, 0.05) is 16.3 Å². The first-order valence-corrected chi connectivity index (χ1v) is 9.04. The second-order valence-corrected chi connectivity index (χ2v) is 6.48. The quantitative estimate of drug-likeness (QED) is 0.543. The van der Waals surface area contributed by atoms with Crippen LogP contribution in [0.5, 0.6) is 0 Å². The highest BCUT2D eigenvalue weighted by Gasteiger charge is 2.18. The van der Waals surface area contributed by atoms with E-state index < -0.39 is 0 Å². The average Bonchev–Trinajstić information content (AvgIpc) is 3.38. The number of nitrogens with zero attached hydrogens (tertiary/aromatic N) is 4. The fraction of sp³-hybridized carbons (Fsp3) is 0.100. The van der Waals surface area contributed by atoms with Gasteiger partial charge in [0.1, 0.15) is 0 Å². The molecule has 0 spiro atoms. The van der Waals surface area contributed by atoms with E-state index in [0.717, 1.165) is 16.9 Å². The lowest BCUT2D eigenvalue weighted by Gasteiger charge is -2.09. The molecule has 8 heteroatoms. The van der Waals surface area contributed by atoms with Crippen LogP contribution in [0, 0.1) is 0 Å². The van der Waals surface area contributed by atoms with Crippen molar-refractivity contribution in [2.75, 3.05) is 5.32 Å². The molecule has 7 nitrogen and oxygen atoms in total. The van der Waals surface area contributed by atoms with E-state index in [1.807, 2.05) is 37.3 Å². The van der Waals surface area contributed by atoms with Gasteiger partial charge in [0.15, 0.2) is 0 Å². The first-order valence-electron chi connectivity index (χ1n) is 8.66. The zero-order valence-corrected chi connectivity index (χ0v) is 15.7. The van der Waals surface area contributed by atoms with Crippen molar-refractivity contribution >= 4 is 23.2 Å². The average molecular weight is 394 g/mol. The maximum absolute atomic E-state index is 12.9. The molecule has 0 saturated heterocycles. The zero-order chi connectivity index (χ0) is 19.5. The van der Waals surface area contributed by atoms with Crippen molar-refractivity contribution in [1.29, 1.82) is 0 Å². The number of anilines is 1. The number of amides is 1. The van der Waals surface area contributed by atoms with E-state index in [9.17, 15) is 4.79 Å². The van der Waals surface area contributed by atoms with Crippen molar-refractivity contribution in [2.24, 2.45) is 0 Å². The Balaban J connectivity index is 1.62. The Morgan fingerprint density at radius 2 is 2.07 bits per heavy atom. The number of hydrogen-bond acceptors (Lipinski definition) is 5. The monoisotopic (exact) mass is 393 g/mol. The lowest BCUT2D eigenvalue weighted by Crippen LogP contribution is -2.14. The Hall–Kier alpha value is -3.45. The zero-order valence-electron chi connectivity index (χ0n) is 15.0. The molecule has 0 aliphatic heterocycles. The van der Waals surface area contributed by atoms with Gasteiger partial charge < -0.3 is 9.84 Å². The van der Waals surface area contributed by atoms with Gasteiger partial charge in [-0.15, -0.1) is 0 Å². The molecule has 140 valence electrons. The number of aromatic nitrogens is 4. The van der Waals surface area contributed by atoms with Crippen LogP contribution in [-0.2, 0) is 6.42 Å². The van der Waals surface area contributed by atoms with E-state index in [0.29, 0.717) is 28.5 Å². The molecule has 28 heavy (non-hydrogen) atoms.